The van der Waals surface area contributed by atoms with E-state index < -0.39 is 0 Å². The molecule has 0 saturated heterocycles. The summed E-state index contributed by atoms with van der Waals surface area (Å²) in [6.45, 7) is 2.73. The van der Waals surface area contributed by atoms with Gasteiger partial charge in [-0.2, -0.15) is 5.10 Å². The number of nitrogens with zero attached hydrogens (tertiary/aromatic N) is 2. The highest BCUT2D eigenvalue weighted by molar-refractivity contribution is 5.28. The molecule has 0 bridgehead atoms. The van der Waals surface area contributed by atoms with Crippen LogP contribution in [0, 0.1) is 6.92 Å². The quantitative estimate of drug-likeness (QED) is 0.808. The summed E-state index contributed by atoms with van der Waals surface area (Å²) in [6, 6.07) is 0. The number of hydrogen-bond acceptors (Lipinski definition) is 2. The lowest BCUT2D eigenvalue weighted by molar-refractivity contribution is 0.423. The maximum Gasteiger partial charge on any atom is 0.0792 e. The summed E-state index contributed by atoms with van der Waals surface area (Å²) >= 11 is 0. The van der Waals surface area contributed by atoms with Crippen molar-refractivity contribution in [3.8, 4) is 0 Å². The molecule has 2 N–H and O–H groups in total. The molecule has 0 spiro atoms. The lowest BCUT2D eigenvalue weighted by Gasteiger charge is -2.22. The third-order valence-corrected chi connectivity index (χ3v) is 3.62. The van der Waals surface area contributed by atoms with Gasteiger partial charge >= 0.3 is 0 Å². The van der Waals surface area contributed by atoms with E-state index in [2.05, 4.69) is 19.1 Å². The SMILES string of the molecule is Cc1c(CN)nn(C)c1C1CCCCC1. The Kier molecular flexibility index (Phi) is 3.10. The highest BCUT2D eigenvalue weighted by Crippen LogP contribution is 2.34. The lowest BCUT2D eigenvalue weighted by Crippen LogP contribution is -2.10. The van der Waals surface area contributed by atoms with Crippen LogP contribution in [0.3, 0.4) is 0 Å². The van der Waals surface area contributed by atoms with Crippen LogP contribution in [-0.2, 0) is 13.6 Å². The van der Waals surface area contributed by atoms with Gasteiger partial charge in [-0.3, -0.25) is 4.68 Å². The molecule has 1 heterocycles. The number of aryl methyl sites for hydroxylation is 1. The van der Waals surface area contributed by atoms with Gasteiger partial charge in [0.15, 0.2) is 0 Å². The minimum atomic E-state index is 0.562. The molecular weight excluding hydrogens is 186 g/mol. The number of hydrogen-bond donors (Lipinski definition) is 1. The first kappa shape index (κ1) is 10.7. The topological polar surface area (TPSA) is 43.8 Å². The molecule has 1 aliphatic rings. The second-order valence-electron chi connectivity index (χ2n) is 4.62. The molecule has 2 rings (SSSR count). The first-order valence-corrected chi connectivity index (χ1v) is 5.96. The summed E-state index contributed by atoms with van der Waals surface area (Å²) in [6.07, 6.45) is 6.78. The van der Waals surface area contributed by atoms with Crippen LogP contribution in [-0.4, -0.2) is 9.78 Å². The molecule has 0 amide bonds. The normalized spacial score (nSPS) is 18.3. The van der Waals surface area contributed by atoms with E-state index in [1.54, 1.807) is 0 Å². The highest BCUT2D eigenvalue weighted by atomic mass is 15.3. The molecule has 0 unspecified atom stereocenters. The number of rotatable bonds is 2. The van der Waals surface area contributed by atoms with E-state index in [-0.39, 0.29) is 0 Å². The summed E-state index contributed by atoms with van der Waals surface area (Å²) in [7, 11) is 2.05. The zero-order chi connectivity index (χ0) is 10.8. The van der Waals surface area contributed by atoms with Crippen LogP contribution in [0.1, 0.15) is 55.0 Å². The van der Waals surface area contributed by atoms with E-state index in [0.29, 0.717) is 6.54 Å². The average molecular weight is 207 g/mol. The Bertz CT molecular complexity index is 335. The first-order chi connectivity index (χ1) is 7.24. The molecule has 3 heteroatoms. The van der Waals surface area contributed by atoms with Gasteiger partial charge in [-0.05, 0) is 25.3 Å². The van der Waals surface area contributed by atoms with Crippen molar-refractivity contribution >= 4 is 0 Å². The minimum Gasteiger partial charge on any atom is -0.325 e. The molecule has 1 aromatic heterocycles. The van der Waals surface area contributed by atoms with Crippen LogP contribution >= 0.6 is 0 Å². The van der Waals surface area contributed by atoms with Gasteiger partial charge in [0.2, 0.25) is 0 Å². The Labute approximate surface area is 91.7 Å². The monoisotopic (exact) mass is 207 g/mol. The van der Waals surface area contributed by atoms with Crippen molar-refractivity contribution in [2.24, 2.45) is 12.8 Å². The van der Waals surface area contributed by atoms with Crippen LogP contribution < -0.4 is 5.73 Å². The van der Waals surface area contributed by atoms with Crippen molar-refractivity contribution in [1.82, 2.24) is 9.78 Å². The van der Waals surface area contributed by atoms with Gasteiger partial charge in [-0.25, -0.2) is 0 Å². The zero-order valence-electron chi connectivity index (χ0n) is 9.79. The predicted molar refractivity (Wildman–Crippen MR) is 61.7 cm³/mol. The van der Waals surface area contributed by atoms with Crippen LogP contribution in [0.4, 0.5) is 0 Å². The van der Waals surface area contributed by atoms with Crippen LogP contribution in [0.2, 0.25) is 0 Å². The molecule has 0 atom stereocenters. The average Bonchev–Trinajstić information content (AvgIpc) is 2.55. The largest absolute Gasteiger partial charge is 0.325 e. The summed E-state index contributed by atoms with van der Waals surface area (Å²) in [5, 5.41) is 4.50. The summed E-state index contributed by atoms with van der Waals surface area (Å²) < 4.78 is 2.05. The predicted octanol–water partition coefficient (Wildman–Crippen LogP) is 2.23. The van der Waals surface area contributed by atoms with Gasteiger partial charge < -0.3 is 5.73 Å². The van der Waals surface area contributed by atoms with Gasteiger partial charge in [0, 0.05) is 25.2 Å². The second-order valence-corrected chi connectivity index (χ2v) is 4.62. The summed E-state index contributed by atoms with van der Waals surface area (Å²) in [4.78, 5) is 0. The van der Waals surface area contributed by atoms with E-state index in [1.807, 2.05) is 4.68 Å². The molecular formula is C12H21N3. The molecule has 1 fully saturated rings. The Balaban J connectivity index is 2.29. The standard InChI is InChI=1S/C12H21N3/c1-9-11(8-13)14-15(2)12(9)10-6-4-3-5-7-10/h10H,3-8,13H2,1-2H3. The van der Waals surface area contributed by atoms with Gasteiger partial charge in [-0.1, -0.05) is 19.3 Å². The first-order valence-electron chi connectivity index (χ1n) is 5.96. The van der Waals surface area contributed by atoms with Gasteiger partial charge in [0.25, 0.3) is 0 Å². The fraction of sp³-hybridized carbons (Fsp3) is 0.750. The molecule has 0 aliphatic heterocycles. The minimum absolute atomic E-state index is 0.562. The number of aromatic nitrogens is 2. The van der Waals surface area contributed by atoms with Crippen molar-refractivity contribution in [1.29, 1.82) is 0 Å². The molecule has 1 aromatic rings. The van der Waals surface area contributed by atoms with E-state index in [9.17, 15) is 0 Å². The molecule has 0 aromatic carbocycles. The molecule has 0 radical (unpaired) electrons. The molecule has 84 valence electrons. The summed E-state index contributed by atoms with van der Waals surface area (Å²) in [5.74, 6) is 0.719. The third kappa shape index (κ3) is 1.93. The van der Waals surface area contributed by atoms with Crippen molar-refractivity contribution in [3.63, 3.8) is 0 Å². The van der Waals surface area contributed by atoms with Crippen LogP contribution in [0.25, 0.3) is 0 Å². The molecule has 1 saturated carbocycles. The Morgan fingerprint density at radius 2 is 2.00 bits per heavy atom. The maximum absolute atomic E-state index is 5.69. The van der Waals surface area contributed by atoms with Crippen molar-refractivity contribution in [3.05, 3.63) is 17.0 Å². The number of nitrogens with two attached hydrogens (primary N) is 1. The Morgan fingerprint density at radius 1 is 1.33 bits per heavy atom. The second kappa shape index (κ2) is 4.35. The van der Waals surface area contributed by atoms with Gasteiger partial charge in [0.1, 0.15) is 0 Å². The van der Waals surface area contributed by atoms with E-state index >= 15 is 0 Å². The van der Waals surface area contributed by atoms with Crippen LogP contribution in [0.5, 0.6) is 0 Å². The fourth-order valence-electron chi connectivity index (χ4n) is 2.84. The van der Waals surface area contributed by atoms with Crippen molar-refractivity contribution < 1.29 is 0 Å². The molecule has 1 aliphatic carbocycles. The fourth-order valence-corrected chi connectivity index (χ4v) is 2.84. The maximum atomic E-state index is 5.69. The lowest BCUT2D eigenvalue weighted by atomic mass is 9.85. The van der Waals surface area contributed by atoms with E-state index in [0.717, 1.165) is 11.6 Å². The Morgan fingerprint density at radius 3 is 2.53 bits per heavy atom. The molecule has 3 nitrogen and oxygen atoms in total. The zero-order valence-corrected chi connectivity index (χ0v) is 9.79. The van der Waals surface area contributed by atoms with Gasteiger partial charge in [0.05, 0.1) is 5.69 Å². The van der Waals surface area contributed by atoms with Crippen molar-refractivity contribution in [2.75, 3.05) is 0 Å². The smallest absolute Gasteiger partial charge is 0.0792 e. The molecule has 15 heavy (non-hydrogen) atoms. The third-order valence-electron chi connectivity index (χ3n) is 3.62. The Hall–Kier alpha value is -0.830. The van der Waals surface area contributed by atoms with E-state index in [4.69, 9.17) is 5.73 Å². The van der Waals surface area contributed by atoms with Crippen molar-refractivity contribution in [2.45, 2.75) is 51.5 Å². The van der Waals surface area contributed by atoms with Crippen LogP contribution in [0.15, 0.2) is 0 Å². The highest BCUT2D eigenvalue weighted by Gasteiger charge is 2.22. The van der Waals surface area contributed by atoms with E-state index in [1.165, 1.54) is 43.4 Å². The van der Waals surface area contributed by atoms with Gasteiger partial charge in [-0.15, -0.1) is 0 Å². The summed E-state index contributed by atoms with van der Waals surface area (Å²) in [5.41, 5.74) is 9.51.